The van der Waals surface area contributed by atoms with Gasteiger partial charge in [0.05, 0.1) is 13.0 Å². The fourth-order valence-corrected chi connectivity index (χ4v) is 4.46. The van der Waals surface area contributed by atoms with Crippen molar-refractivity contribution in [3.8, 4) is 0 Å². The second-order valence-corrected chi connectivity index (χ2v) is 8.24. The lowest BCUT2D eigenvalue weighted by Gasteiger charge is -2.48. The molecule has 0 aliphatic carbocycles. The molecule has 1 aromatic carbocycles. The van der Waals surface area contributed by atoms with E-state index in [4.69, 9.17) is 5.11 Å². The van der Waals surface area contributed by atoms with Crippen LogP contribution in [-0.4, -0.2) is 52.9 Å². The first-order chi connectivity index (χ1) is 13.0. The van der Waals surface area contributed by atoms with Crippen molar-refractivity contribution in [2.24, 2.45) is 5.41 Å². The summed E-state index contributed by atoms with van der Waals surface area (Å²) >= 11 is 0. The highest BCUT2D eigenvalue weighted by atomic mass is 16.3. The number of carbonyl (C=O) groups excluding carboxylic acids is 2. The fraction of sp³-hybridized carbons (Fsp3) is 0.636. The molecule has 2 aliphatic heterocycles. The van der Waals surface area contributed by atoms with Gasteiger partial charge < -0.3 is 14.9 Å². The highest BCUT2D eigenvalue weighted by Crippen LogP contribution is 2.39. The van der Waals surface area contributed by atoms with Gasteiger partial charge in [0.25, 0.3) is 0 Å². The van der Waals surface area contributed by atoms with E-state index in [2.05, 4.69) is 6.92 Å². The maximum absolute atomic E-state index is 12.9. The molecule has 148 valence electrons. The largest absolute Gasteiger partial charge is 0.392 e. The Labute approximate surface area is 162 Å². The van der Waals surface area contributed by atoms with Crippen LogP contribution in [0.1, 0.15) is 56.6 Å². The minimum atomic E-state index is 0.0239. The van der Waals surface area contributed by atoms with E-state index in [1.165, 1.54) is 0 Å². The molecule has 1 spiro atoms. The molecule has 1 N–H and O–H groups in total. The minimum absolute atomic E-state index is 0.0239. The number of amides is 2. The molecule has 5 nitrogen and oxygen atoms in total. The highest BCUT2D eigenvalue weighted by Gasteiger charge is 2.42. The van der Waals surface area contributed by atoms with Crippen LogP contribution in [0, 0.1) is 5.41 Å². The zero-order chi connectivity index (χ0) is 19.3. The fourth-order valence-electron chi connectivity index (χ4n) is 4.46. The van der Waals surface area contributed by atoms with Gasteiger partial charge in [0, 0.05) is 38.0 Å². The molecule has 1 aromatic rings. The number of hydrogen-bond acceptors (Lipinski definition) is 3. The Bertz CT molecular complexity index is 658. The van der Waals surface area contributed by atoms with Crippen molar-refractivity contribution in [2.45, 2.75) is 58.5 Å². The maximum Gasteiger partial charge on any atom is 0.227 e. The Morgan fingerprint density at radius 3 is 2.59 bits per heavy atom. The third-order valence-corrected chi connectivity index (χ3v) is 6.10. The van der Waals surface area contributed by atoms with E-state index < -0.39 is 0 Å². The van der Waals surface area contributed by atoms with Gasteiger partial charge in [-0.1, -0.05) is 37.6 Å². The van der Waals surface area contributed by atoms with E-state index in [1.54, 1.807) is 0 Å². The van der Waals surface area contributed by atoms with Crippen molar-refractivity contribution in [1.29, 1.82) is 0 Å². The Morgan fingerprint density at radius 2 is 1.89 bits per heavy atom. The van der Waals surface area contributed by atoms with E-state index in [0.717, 1.165) is 69.4 Å². The van der Waals surface area contributed by atoms with Gasteiger partial charge in [-0.3, -0.25) is 9.59 Å². The third-order valence-electron chi connectivity index (χ3n) is 6.10. The van der Waals surface area contributed by atoms with Gasteiger partial charge >= 0.3 is 0 Å². The van der Waals surface area contributed by atoms with E-state index in [-0.39, 0.29) is 23.8 Å². The molecule has 3 rings (SSSR count). The summed E-state index contributed by atoms with van der Waals surface area (Å²) in [6, 6.07) is 7.60. The molecule has 2 aliphatic rings. The first-order valence-corrected chi connectivity index (χ1v) is 10.3. The minimum Gasteiger partial charge on any atom is -0.392 e. The van der Waals surface area contributed by atoms with Crippen molar-refractivity contribution in [3.63, 3.8) is 0 Å². The van der Waals surface area contributed by atoms with Crippen molar-refractivity contribution in [1.82, 2.24) is 9.80 Å². The molecule has 0 aromatic heterocycles. The highest BCUT2D eigenvalue weighted by molar-refractivity contribution is 5.79. The normalized spacial score (nSPS) is 23.1. The van der Waals surface area contributed by atoms with Gasteiger partial charge in [0.15, 0.2) is 0 Å². The van der Waals surface area contributed by atoms with Crippen LogP contribution in [0.2, 0.25) is 0 Å². The summed E-state index contributed by atoms with van der Waals surface area (Å²) in [7, 11) is 0. The number of aliphatic hydroxyl groups is 1. The molecule has 0 radical (unpaired) electrons. The van der Waals surface area contributed by atoms with Crippen LogP contribution in [0.3, 0.4) is 0 Å². The Balaban J connectivity index is 1.62. The summed E-state index contributed by atoms with van der Waals surface area (Å²) in [6.45, 7) is 5.42. The average molecular weight is 373 g/mol. The van der Waals surface area contributed by atoms with Crippen LogP contribution in [-0.2, 0) is 22.6 Å². The van der Waals surface area contributed by atoms with Crippen LogP contribution in [0.5, 0.6) is 0 Å². The second kappa shape index (κ2) is 8.87. The number of benzene rings is 1. The quantitative estimate of drug-likeness (QED) is 0.835. The van der Waals surface area contributed by atoms with Crippen LogP contribution >= 0.6 is 0 Å². The predicted molar refractivity (Wildman–Crippen MR) is 105 cm³/mol. The van der Waals surface area contributed by atoms with Gasteiger partial charge in [-0.2, -0.15) is 0 Å². The summed E-state index contributed by atoms with van der Waals surface area (Å²) in [5, 5.41) is 9.15. The number of unbranched alkanes of at least 4 members (excludes halogenated alkanes) is 1. The van der Waals surface area contributed by atoms with Gasteiger partial charge in [-0.15, -0.1) is 0 Å². The standard InChI is InChI=1S/C22H32N2O3/c1-2-3-12-23-16-22(11-9-20(23)26)10-4-13-24(17-22)21(27)14-18-5-7-19(15-25)8-6-18/h5-8,25H,2-4,9-17H2,1H3/t22-/m1/s1. The van der Waals surface area contributed by atoms with Crippen molar-refractivity contribution in [2.75, 3.05) is 26.2 Å². The first kappa shape index (κ1) is 19.9. The lowest BCUT2D eigenvalue weighted by atomic mass is 9.73. The topological polar surface area (TPSA) is 60.9 Å². The molecule has 2 heterocycles. The number of hydrogen-bond donors (Lipinski definition) is 1. The molecule has 0 bridgehead atoms. The van der Waals surface area contributed by atoms with Crippen molar-refractivity contribution >= 4 is 11.8 Å². The molecule has 0 unspecified atom stereocenters. The number of nitrogens with zero attached hydrogens (tertiary/aromatic N) is 2. The van der Waals surface area contributed by atoms with Crippen LogP contribution < -0.4 is 0 Å². The number of piperidine rings is 2. The zero-order valence-electron chi connectivity index (χ0n) is 16.5. The molecule has 1 atom stereocenters. The summed E-state index contributed by atoms with van der Waals surface area (Å²) < 4.78 is 0. The smallest absolute Gasteiger partial charge is 0.227 e. The summed E-state index contributed by atoms with van der Waals surface area (Å²) in [5.41, 5.74) is 1.93. The van der Waals surface area contributed by atoms with Crippen LogP contribution in [0.25, 0.3) is 0 Å². The maximum atomic E-state index is 12.9. The van der Waals surface area contributed by atoms with Crippen molar-refractivity contribution < 1.29 is 14.7 Å². The van der Waals surface area contributed by atoms with Gasteiger partial charge in [0.1, 0.15) is 0 Å². The lowest BCUT2D eigenvalue weighted by Crippen LogP contribution is -2.55. The number of likely N-dealkylation sites (tertiary alicyclic amines) is 2. The average Bonchev–Trinajstić information content (AvgIpc) is 2.69. The molecule has 2 fully saturated rings. The van der Waals surface area contributed by atoms with Crippen molar-refractivity contribution in [3.05, 3.63) is 35.4 Å². The summed E-state index contributed by atoms with van der Waals surface area (Å²) in [5.74, 6) is 0.448. The molecule has 27 heavy (non-hydrogen) atoms. The number of carbonyl (C=O) groups is 2. The Morgan fingerprint density at radius 1 is 1.15 bits per heavy atom. The van der Waals surface area contributed by atoms with Crippen LogP contribution in [0.4, 0.5) is 0 Å². The molecule has 2 saturated heterocycles. The summed E-state index contributed by atoms with van der Waals surface area (Å²) in [4.78, 5) is 29.2. The zero-order valence-corrected chi connectivity index (χ0v) is 16.5. The van der Waals surface area contributed by atoms with Gasteiger partial charge in [-0.05, 0) is 36.8 Å². The Kier molecular flexibility index (Phi) is 6.53. The van der Waals surface area contributed by atoms with E-state index in [1.807, 2.05) is 34.1 Å². The van der Waals surface area contributed by atoms with Gasteiger partial charge in [-0.25, -0.2) is 0 Å². The lowest BCUT2D eigenvalue weighted by molar-refractivity contribution is -0.142. The summed E-state index contributed by atoms with van der Waals surface area (Å²) in [6.07, 6.45) is 6.20. The second-order valence-electron chi connectivity index (χ2n) is 8.24. The molecule has 0 saturated carbocycles. The molecule has 5 heteroatoms. The first-order valence-electron chi connectivity index (χ1n) is 10.3. The van der Waals surface area contributed by atoms with E-state index >= 15 is 0 Å². The third kappa shape index (κ3) is 4.89. The van der Waals surface area contributed by atoms with Gasteiger partial charge in [0.2, 0.25) is 11.8 Å². The SMILES string of the molecule is CCCCN1C[C@@]2(CCCN(C(=O)Cc3ccc(CO)cc3)C2)CCC1=O. The molecular formula is C22H32N2O3. The predicted octanol–water partition coefficient (Wildman–Crippen LogP) is 2.75. The van der Waals surface area contributed by atoms with Crippen LogP contribution in [0.15, 0.2) is 24.3 Å². The number of rotatable bonds is 6. The van der Waals surface area contributed by atoms with E-state index in [0.29, 0.717) is 12.8 Å². The molecule has 2 amide bonds. The number of aliphatic hydroxyl groups excluding tert-OH is 1. The molecular weight excluding hydrogens is 340 g/mol. The van der Waals surface area contributed by atoms with E-state index in [9.17, 15) is 9.59 Å². The monoisotopic (exact) mass is 372 g/mol. The Hall–Kier alpha value is -1.88.